The Bertz CT molecular complexity index is 444. The lowest BCUT2D eigenvalue weighted by Crippen LogP contribution is -2.42. The van der Waals surface area contributed by atoms with Gasteiger partial charge in [0.2, 0.25) is 0 Å². The first-order chi connectivity index (χ1) is 8.55. The van der Waals surface area contributed by atoms with Crippen LogP contribution in [0, 0.1) is 0 Å². The molecule has 1 N–H and O–H groups in total. The Balaban J connectivity index is 2.51. The highest BCUT2D eigenvalue weighted by Gasteiger charge is 2.39. The first kappa shape index (κ1) is 14.0. The molecule has 0 spiro atoms. The second-order valence-corrected chi connectivity index (χ2v) is 5.69. The largest absolute Gasteiger partial charge is 0.485 e. The van der Waals surface area contributed by atoms with E-state index in [4.69, 9.17) is 27.9 Å². The van der Waals surface area contributed by atoms with Gasteiger partial charge in [0.1, 0.15) is 11.4 Å². The SMILES string of the molecule is CCC1(CC)CC(NC)c2cc(Cl)cc(Cl)c2O1. The van der Waals surface area contributed by atoms with E-state index in [1.165, 1.54) is 0 Å². The van der Waals surface area contributed by atoms with Crippen LogP contribution < -0.4 is 10.1 Å². The van der Waals surface area contributed by atoms with Crippen LogP contribution in [0.2, 0.25) is 10.0 Å². The van der Waals surface area contributed by atoms with Crippen molar-refractivity contribution in [1.29, 1.82) is 0 Å². The van der Waals surface area contributed by atoms with Gasteiger partial charge in [0, 0.05) is 23.0 Å². The molecule has 1 aromatic carbocycles. The molecule has 18 heavy (non-hydrogen) atoms. The summed E-state index contributed by atoms with van der Waals surface area (Å²) in [6, 6.07) is 3.93. The lowest BCUT2D eigenvalue weighted by molar-refractivity contribution is 0.0240. The van der Waals surface area contributed by atoms with Gasteiger partial charge in [-0.3, -0.25) is 0 Å². The Labute approximate surface area is 119 Å². The fraction of sp³-hybridized carbons (Fsp3) is 0.571. The van der Waals surface area contributed by atoms with Gasteiger partial charge in [-0.1, -0.05) is 37.0 Å². The average molecular weight is 288 g/mol. The van der Waals surface area contributed by atoms with Gasteiger partial charge >= 0.3 is 0 Å². The van der Waals surface area contributed by atoms with Gasteiger partial charge in [-0.2, -0.15) is 0 Å². The number of nitrogens with one attached hydrogen (secondary N) is 1. The topological polar surface area (TPSA) is 21.3 Å². The van der Waals surface area contributed by atoms with Crippen LogP contribution in [-0.2, 0) is 0 Å². The van der Waals surface area contributed by atoms with Crippen molar-refractivity contribution in [1.82, 2.24) is 5.32 Å². The standard InChI is InChI=1S/C14H19Cl2NO/c1-4-14(5-2)8-12(17-3)10-6-9(15)7-11(16)13(10)18-14/h6-7,12,17H,4-5,8H2,1-3H3. The maximum Gasteiger partial charge on any atom is 0.143 e. The summed E-state index contributed by atoms with van der Waals surface area (Å²) >= 11 is 12.3. The second kappa shape index (κ2) is 5.28. The Hall–Kier alpha value is -0.440. The molecule has 1 aliphatic heterocycles. The average Bonchev–Trinajstić information content (AvgIpc) is 2.38. The highest BCUT2D eigenvalue weighted by molar-refractivity contribution is 6.35. The first-order valence-electron chi connectivity index (χ1n) is 6.40. The van der Waals surface area contributed by atoms with Crippen molar-refractivity contribution in [2.45, 2.75) is 44.8 Å². The molecule has 2 nitrogen and oxygen atoms in total. The first-order valence-corrected chi connectivity index (χ1v) is 7.16. The quantitative estimate of drug-likeness (QED) is 0.878. The zero-order valence-electron chi connectivity index (χ0n) is 11.0. The van der Waals surface area contributed by atoms with E-state index in [-0.39, 0.29) is 11.6 Å². The van der Waals surface area contributed by atoms with E-state index in [0.29, 0.717) is 10.0 Å². The van der Waals surface area contributed by atoms with E-state index in [9.17, 15) is 0 Å². The fourth-order valence-electron chi connectivity index (χ4n) is 2.63. The molecule has 100 valence electrons. The van der Waals surface area contributed by atoms with Gasteiger partial charge in [0.25, 0.3) is 0 Å². The van der Waals surface area contributed by atoms with Gasteiger partial charge in [-0.05, 0) is 32.0 Å². The van der Waals surface area contributed by atoms with E-state index >= 15 is 0 Å². The van der Waals surface area contributed by atoms with E-state index in [1.807, 2.05) is 13.1 Å². The molecule has 0 saturated carbocycles. The summed E-state index contributed by atoms with van der Waals surface area (Å²) in [6.07, 6.45) is 2.89. The lowest BCUT2D eigenvalue weighted by atomic mass is 9.83. The van der Waals surface area contributed by atoms with Crippen LogP contribution in [0.3, 0.4) is 0 Å². The summed E-state index contributed by atoms with van der Waals surface area (Å²) < 4.78 is 6.21. The van der Waals surface area contributed by atoms with Crippen molar-refractivity contribution >= 4 is 23.2 Å². The zero-order chi connectivity index (χ0) is 13.3. The maximum atomic E-state index is 6.27. The minimum Gasteiger partial charge on any atom is -0.485 e. The summed E-state index contributed by atoms with van der Waals surface area (Å²) in [4.78, 5) is 0. The van der Waals surface area contributed by atoms with E-state index in [1.54, 1.807) is 6.07 Å². The van der Waals surface area contributed by atoms with E-state index < -0.39 is 0 Å². The van der Waals surface area contributed by atoms with Crippen LogP contribution in [-0.4, -0.2) is 12.6 Å². The van der Waals surface area contributed by atoms with Crippen molar-refractivity contribution in [2.24, 2.45) is 0 Å². The van der Waals surface area contributed by atoms with Gasteiger partial charge < -0.3 is 10.1 Å². The monoisotopic (exact) mass is 287 g/mol. The molecule has 0 fully saturated rings. The molecule has 0 aromatic heterocycles. The van der Waals surface area contributed by atoms with Crippen LogP contribution in [0.25, 0.3) is 0 Å². The van der Waals surface area contributed by atoms with Gasteiger partial charge in [0.15, 0.2) is 0 Å². The number of fused-ring (bicyclic) bond motifs is 1. The molecule has 0 radical (unpaired) electrons. The van der Waals surface area contributed by atoms with Crippen LogP contribution in [0.15, 0.2) is 12.1 Å². The molecular weight excluding hydrogens is 269 g/mol. The molecule has 1 aliphatic rings. The molecule has 1 atom stereocenters. The van der Waals surface area contributed by atoms with Crippen molar-refractivity contribution in [3.8, 4) is 5.75 Å². The van der Waals surface area contributed by atoms with Crippen LogP contribution in [0.4, 0.5) is 0 Å². The number of rotatable bonds is 3. The molecule has 2 rings (SSSR count). The predicted molar refractivity (Wildman–Crippen MR) is 76.8 cm³/mol. The third kappa shape index (κ3) is 2.34. The summed E-state index contributed by atoms with van der Waals surface area (Å²) in [6.45, 7) is 4.32. The molecular formula is C14H19Cl2NO. The smallest absolute Gasteiger partial charge is 0.143 e. The molecule has 1 heterocycles. The Morgan fingerprint density at radius 3 is 2.56 bits per heavy atom. The minimum atomic E-state index is -0.127. The Kier molecular flexibility index (Phi) is 4.10. The third-order valence-corrected chi connectivity index (χ3v) is 4.44. The Morgan fingerprint density at radius 1 is 1.33 bits per heavy atom. The summed E-state index contributed by atoms with van der Waals surface area (Å²) in [5.74, 6) is 0.787. The predicted octanol–water partition coefficient (Wildman–Crippen LogP) is 4.60. The third-order valence-electron chi connectivity index (χ3n) is 3.94. The van der Waals surface area contributed by atoms with Gasteiger partial charge in [-0.15, -0.1) is 0 Å². The van der Waals surface area contributed by atoms with Crippen LogP contribution >= 0.6 is 23.2 Å². The van der Waals surface area contributed by atoms with Crippen molar-refractivity contribution < 1.29 is 4.74 Å². The van der Waals surface area contributed by atoms with Gasteiger partial charge in [-0.25, -0.2) is 0 Å². The number of benzene rings is 1. The lowest BCUT2D eigenvalue weighted by Gasteiger charge is -2.42. The van der Waals surface area contributed by atoms with Gasteiger partial charge in [0.05, 0.1) is 5.02 Å². The fourth-order valence-corrected chi connectivity index (χ4v) is 3.18. The number of halogens is 2. The van der Waals surface area contributed by atoms with E-state index in [2.05, 4.69) is 19.2 Å². The highest BCUT2D eigenvalue weighted by Crippen LogP contribution is 2.46. The number of hydrogen-bond acceptors (Lipinski definition) is 2. The molecule has 0 aliphatic carbocycles. The molecule has 4 heteroatoms. The molecule has 0 amide bonds. The summed E-state index contributed by atoms with van der Waals surface area (Å²) in [5.41, 5.74) is 0.936. The van der Waals surface area contributed by atoms with Crippen molar-refractivity contribution in [2.75, 3.05) is 7.05 Å². The van der Waals surface area contributed by atoms with Crippen molar-refractivity contribution in [3.05, 3.63) is 27.7 Å². The zero-order valence-corrected chi connectivity index (χ0v) is 12.5. The van der Waals surface area contributed by atoms with Crippen LogP contribution in [0.1, 0.15) is 44.7 Å². The molecule has 0 saturated heterocycles. The van der Waals surface area contributed by atoms with Crippen LogP contribution in [0.5, 0.6) is 5.75 Å². The molecule has 1 unspecified atom stereocenters. The number of hydrogen-bond donors (Lipinski definition) is 1. The maximum absolute atomic E-state index is 6.27. The Morgan fingerprint density at radius 2 is 2.00 bits per heavy atom. The molecule has 0 bridgehead atoms. The molecule has 1 aromatic rings. The van der Waals surface area contributed by atoms with E-state index in [0.717, 1.165) is 30.6 Å². The highest BCUT2D eigenvalue weighted by atomic mass is 35.5. The second-order valence-electron chi connectivity index (χ2n) is 4.84. The summed E-state index contributed by atoms with van der Waals surface area (Å²) in [5, 5.41) is 4.60. The minimum absolute atomic E-state index is 0.127. The summed E-state index contributed by atoms with van der Waals surface area (Å²) in [7, 11) is 1.96. The van der Waals surface area contributed by atoms with Crippen molar-refractivity contribution in [3.63, 3.8) is 0 Å². The number of ether oxygens (including phenoxy) is 1. The normalized spacial score (nSPS) is 21.3.